The second-order valence-corrected chi connectivity index (χ2v) is 5.69. The van der Waals surface area contributed by atoms with Gasteiger partial charge in [-0.3, -0.25) is 4.79 Å². The van der Waals surface area contributed by atoms with Crippen molar-refractivity contribution in [3.63, 3.8) is 0 Å². The molecule has 128 valence electrons. The Hall–Kier alpha value is -3.15. The van der Waals surface area contributed by atoms with Crippen molar-refractivity contribution in [2.75, 3.05) is 6.61 Å². The van der Waals surface area contributed by atoms with E-state index in [1.165, 1.54) is 5.56 Å². The molecule has 0 spiro atoms. The van der Waals surface area contributed by atoms with Gasteiger partial charge in [0.05, 0.1) is 5.56 Å². The summed E-state index contributed by atoms with van der Waals surface area (Å²) in [4.78, 5) is 16.2. The van der Waals surface area contributed by atoms with Crippen molar-refractivity contribution in [3.05, 3.63) is 65.5 Å². The summed E-state index contributed by atoms with van der Waals surface area (Å²) in [6.07, 6.45) is 0. The lowest BCUT2D eigenvalue weighted by molar-refractivity contribution is -0.123. The molecule has 6 nitrogen and oxygen atoms in total. The molecule has 25 heavy (non-hydrogen) atoms. The molecule has 3 rings (SSSR count). The van der Waals surface area contributed by atoms with E-state index in [0.29, 0.717) is 29.6 Å². The van der Waals surface area contributed by atoms with Gasteiger partial charge in [-0.25, -0.2) is 0 Å². The Bertz CT molecular complexity index is 856. The van der Waals surface area contributed by atoms with E-state index in [9.17, 15) is 4.79 Å². The van der Waals surface area contributed by atoms with Gasteiger partial charge >= 0.3 is 0 Å². The zero-order valence-electron chi connectivity index (χ0n) is 14.2. The maximum atomic E-state index is 12.0. The third kappa shape index (κ3) is 4.44. The molecule has 0 fully saturated rings. The summed E-state index contributed by atoms with van der Waals surface area (Å²) in [5.41, 5.74) is 2.89. The quantitative estimate of drug-likeness (QED) is 0.748. The highest BCUT2D eigenvalue weighted by molar-refractivity contribution is 5.77. The highest BCUT2D eigenvalue weighted by atomic mass is 16.5. The Balaban J connectivity index is 1.58. The minimum Gasteiger partial charge on any atom is -0.483 e. The molecule has 3 aromatic rings. The summed E-state index contributed by atoms with van der Waals surface area (Å²) in [5.74, 6) is 1.24. The fourth-order valence-corrected chi connectivity index (χ4v) is 2.28. The average Bonchev–Trinajstić information content (AvgIpc) is 3.06. The number of nitrogens with zero attached hydrogens (tertiary/aromatic N) is 2. The third-order valence-corrected chi connectivity index (χ3v) is 3.61. The summed E-state index contributed by atoms with van der Waals surface area (Å²) < 4.78 is 10.8. The molecule has 2 aromatic carbocycles. The van der Waals surface area contributed by atoms with E-state index in [-0.39, 0.29) is 12.5 Å². The standard InChI is InChI=1S/C19H19N3O3/c1-13-7-9-15(10-8-13)11-20-18(23)12-24-17-6-4-3-5-16(17)19-21-14(2)22-25-19/h3-10H,11-12H2,1-2H3,(H,20,23). The third-order valence-electron chi connectivity index (χ3n) is 3.61. The van der Waals surface area contributed by atoms with Crippen LogP contribution < -0.4 is 10.1 Å². The fraction of sp³-hybridized carbons (Fsp3) is 0.211. The Kier molecular flexibility index (Phi) is 5.09. The molecule has 1 heterocycles. The van der Waals surface area contributed by atoms with Gasteiger partial charge in [0.2, 0.25) is 0 Å². The molecule has 0 unspecified atom stereocenters. The molecule has 0 aliphatic heterocycles. The van der Waals surface area contributed by atoms with Crippen molar-refractivity contribution in [3.8, 4) is 17.2 Å². The van der Waals surface area contributed by atoms with Crippen LogP contribution in [0.15, 0.2) is 53.1 Å². The summed E-state index contributed by atoms with van der Waals surface area (Å²) in [7, 11) is 0. The van der Waals surface area contributed by atoms with Crippen LogP contribution in [0, 0.1) is 13.8 Å². The van der Waals surface area contributed by atoms with Gasteiger partial charge in [0.25, 0.3) is 11.8 Å². The maximum Gasteiger partial charge on any atom is 0.261 e. The predicted octanol–water partition coefficient (Wildman–Crippen LogP) is 3.05. The first-order valence-corrected chi connectivity index (χ1v) is 7.96. The molecular formula is C19H19N3O3. The molecule has 1 amide bonds. The number of rotatable bonds is 6. The number of para-hydroxylation sites is 1. The van der Waals surface area contributed by atoms with Crippen molar-refractivity contribution in [1.82, 2.24) is 15.5 Å². The number of ether oxygens (including phenoxy) is 1. The molecule has 0 saturated heterocycles. The van der Waals surface area contributed by atoms with E-state index in [0.717, 1.165) is 5.56 Å². The molecule has 1 N–H and O–H groups in total. The first kappa shape index (κ1) is 16.7. The number of benzene rings is 2. The Morgan fingerprint density at radius 3 is 2.60 bits per heavy atom. The van der Waals surface area contributed by atoms with Gasteiger partial charge in [-0.05, 0) is 31.5 Å². The second kappa shape index (κ2) is 7.61. The topological polar surface area (TPSA) is 77.2 Å². The Morgan fingerprint density at radius 2 is 1.88 bits per heavy atom. The van der Waals surface area contributed by atoms with Crippen molar-refractivity contribution in [1.29, 1.82) is 0 Å². The first-order chi connectivity index (χ1) is 12.1. The van der Waals surface area contributed by atoms with E-state index in [1.807, 2.05) is 49.4 Å². The summed E-state index contributed by atoms with van der Waals surface area (Å²) in [5, 5.41) is 6.61. The van der Waals surface area contributed by atoms with Crippen molar-refractivity contribution >= 4 is 5.91 Å². The van der Waals surface area contributed by atoms with Crippen LogP contribution in [0.1, 0.15) is 17.0 Å². The van der Waals surface area contributed by atoms with E-state index in [1.54, 1.807) is 13.0 Å². The van der Waals surface area contributed by atoms with Crippen LogP contribution >= 0.6 is 0 Å². The highest BCUT2D eigenvalue weighted by Crippen LogP contribution is 2.28. The van der Waals surface area contributed by atoms with Gasteiger partial charge in [0.15, 0.2) is 12.4 Å². The van der Waals surface area contributed by atoms with Crippen LogP contribution in [0.3, 0.4) is 0 Å². The van der Waals surface area contributed by atoms with Gasteiger partial charge in [0, 0.05) is 6.54 Å². The lowest BCUT2D eigenvalue weighted by atomic mass is 10.1. The number of aromatic nitrogens is 2. The first-order valence-electron chi connectivity index (χ1n) is 7.96. The number of amides is 1. The summed E-state index contributed by atoms with van der Waals surface area (Å²) >= 11 is 0. The van der Waals surface area contributed by atoms with Crippen molar-refractivity contribution in [2.24, 2.45) is 0 Å². The number of nitrogens with one attached hydrogen (secondary N) is 1. The van der Waals surface area contributed by atoms with Gasteiger partial charge in [0.1, 0.15) is 5.75 Å². The minimum atomic E-state index is -0.197. The predicted molar refractivity (Wildman–Crippen MR) is 93.0 cm³/mol. The van der Waals surface area contributed by atoms with Gasteiger partial charge in [-0.15, -0.1) is 0 Å². The Morgan fingerprint density at radius 1 is 1.12 bits per heavy atom. The number of aryl methyl sites for hydroxylation is 2. The summed E-state index contributed by atoms with van der Waals surface area (Å²) in [6, 6.07) is 15.3. The molecular weight excluding hydrogens is 318 g/mol. The van der Waals surface area contributed by atoms with Crippen molar-refractivity contribution < 1.29 is 14.1 Å². The lowest BCUT2D eigenvalue weighted by Gasteiger charge is -2.10. The number of hydrogen-bond donors (Lipinski definition) is 1. The van der Waals surface area contributed by atoms with Crippen LogP contribution in [0.5, 0.6) is 5.75 Å². The molecule has 1 aromatic heterocycles. The number of hydrogen-bond acceptors (Lipinski definition) is 5. The van der Waals surface area contributed by atoms with E-state index < -0.39 is 0 Å². The average molecular weight is 337 g/mol. The molecule has 0 bridgehead atoms. The van der Waals surface area contributed by atoms with E-state index in [2.05, 4.69) is 15.5 Å². The monoisotopic (exact) mass is 337 g/mol. The SMILES string of the molecule is Cc1ccc(CNC(=O)COc2ccccc2-c2nc(C)no2)cc1. The van der Waals surface area contributed by atoms with E-state index in [4.69, 9.17) is 9.26 Å². The number of carbonyl (C=O) groups is 1. The summed E-state index contributed by atoms with van der Waals surface area (Å²) in [6.45, 7) is 4.15. The zero-order chi connectivity index (χ0) is 17.6. The van der Waals surface area contributed by atoms with Gasteiger partial charge in [-0.2, -0.15) is 4.98 Å². The van der Waals surface area contributed by atoms with Crippen LogP contribution in [0.25, 0.3) is 11.5 Å². The normalized spacial score (nSPS) is 10.5. The maximum absolute atomic E-state index is 12.0. The molecule has 0 aliphatic rings. The van der Waals surface area contributed by atoms with Gasteiger partial charge < -0.3 is 14.6 Å². The molecule has 0 atom stereocenters. The minimum absolute atomic E-state index is 0.0873. The van der Waals surface area contributed by atoms with Crippen molar-refractivity contribution in [2.45, 2.75) is 20.4 Å². The van der Waals surface area contributed by atoms with Crippen LogP contribution in [0.2, 0.25) is 0 Å². The van der Waals surface area contributed by atoms with Crippen LogP contribution in [0.4, 0.5) is 0 Å². The van der Waals surface area contributed by atoms with Gasteiger partial charge in [-0.1, -0.05) is 47.1 Å². The van der Waals surface area contributed by atoms with E-state index >= 15 is 0 Å². The Labute approximate surface area is 145 Å². The van der Waals surface area contributed by atoms with Crippen LogP contribution in [-0.2, 0) is 11.3 Å². The fourth-order valence-electron chi connectivity index (χ4n) is 2.28. The molecule has 0 radical (unpaired) electrons. The highest BCUT2D eigenvalue weighted by Gasteiger charge is 2.13. The lowest BCUT2D eigenvalue weighted by Crippen LogP contribution is -2.28. The zero-order valence-corrected chi connectivity index (χ0v) is 14.2. The van der Waals surface area contributed by atoms with Crippen LogP contribution in [-0.4, -0.2) is 22.7 Å². The molecule has 0 aliphatic carbocycles. The smallest absolute Gasteiger partial charge is 0.261 e. The second-order valence-electron chi connectivity index (χ2n) is 5.69. The largest absolute Gasteiger partial charge is 0.483 e. The molecule has 0 saturated carbocycles. The number of carbonyl (C=O) groups excluding carboxylic acids is 1. The molecule has 6 heteroatoms.